The number of aromatic nitrogens is 1. The van der Waals surface area contributed by atoms with E-state index in [1.165, 1.54) is 10.6 Å². The predicted octanol–water partition coefficient (Wildman–Crippen LogP) is 1.55. The van der Waals surface area contributed by atoms with E-state index in [-0.39, 0.29) is 17.0 Å². The van der Waals surface area contributed by atoms with Gasteiger partial charge in [-0.15, -0.1) is 0 Å². The van der Waals surface area contributed by atoms with E-state index in [9.17, 15) is 9.90 Å². The van der Waals surface area contributed by atoms with Crippen molar-refractivity contribution in [2.75, 3.05) is 13.2 Å². The zero-order valence-electron chi connectivity index (χ0n) is 10.8. The largest absolute Gasteiger partial charge is 0.493 e. The molecule has 0 fully saturated rings. The molecule has 0 amide bonds. The van der Waals surface area contributed by atoms with Crippen molar-refractivity contribution in [1.29, 1.82) is 5.26 Å². The maximum atomic E-state index is 11.7. The summed E-state index contributed by atoms with van der Waals surface area (Å²) in [6.45, 7) is 5.28. The summed E-state index contributed by atoms with van der Waals surface area (Å²) < 4.78 is 6.43. The molecule has 18 heavy (non-hydrogen) atoms. The fourth-order valence-electron chi connectivity index (χ4n) is 1.72. The van der Waals surface area contributed by atoms with Crippen LogP contribution in [0.5, 0.6) is 5.88 Å². The third-order valence-corrected chi connectivity index (χ3v) is 2.72. The minimum absolute atomic E-state index is 0.166. The van der Waals surface area contributed by atoms with Gasteiger partial charge in [0, 0.05) is 25.8 Å². The van der Waals surface area contributed by atoms with Crippen LogP contribution in [-0.2, 0) is 11.3 Å². The van der Waals surface area contributed by atoms with Crippen LogP contribution >= 0.6 is 0 Å². The van der Waals surface area contributed by atoms with Gasteiger partial charge in [0.1, 0.15) is 11.6 Å². The summed E-state index contributed by atoms with van der Waals surface area (Å²) >= 11 is 0. The Hall–Kier alpha value is -1.80. The number of hydrogen-bond acceptors (Lipinski definition) is 4. The van der Waals surface area contributed by atoms with Gasteiger partial charge >= 0.3 is 0 Å². The molecule has 0 aromatic carbocycles. The molecule has 1 aromatic heterocycles. The van der Waals surface area contributed by atoms with Gasteiger partial charge in [-0.25, -0.2) is 0 Å². The molecule has 0 atom stereocenters. The van der Waals surface area contributed by atoms with Crippen LogP contribution in [0, 0.1) is 18.3 Å². The smallest absolute Gasteiger partial charge is 0.253 e. The van der Waals surface area contributed by atoms with Gasteiger partial charge in [-0.3, -0.25) is 9.36 Å². The molecule has 1 aromatic rings. The van der Waals surface area contributed by atoms with Gasteiger partial charge in [0.05, 0.1) is 0 Å². The highest BCUT2D eigenvalue weighted by molar-refractivity contribution is 5.43. The number of aryl methyl sites for hydroxylation is 1. The molecular formula is C13H18N2O3. The molecule has 0 bridgehead atoms. The Morgan fingerprint density at radius 1 is 1.50 bits per heavy atom. The number of pyridine rings is 1. The van der Waals surface area contributed by atoms with Crippen molar-refractivity contribution in [3.8, 4) is 11.9 Å². The lowest BCUT2D eigenvalue weighted by molar-refractivity contribution is 0.142. The zero-order valence-corrected chi connectivity index (χ0v) is 10.8. The second-order valence-electron chi connectivity index (χ2n) is 4.03. The van der Waals surface area contributed by atoms with E-state index in [4.69, 9.17) is 10.00 Å². The molecule has 0 unspecified atom stereocenters. The number of hydrogen-bond donors (Lipinski definition) is 1. The average Bonchev–Trinajstić information content (AvgIpc) is 2.32. The SMILES string of the molecule is CCOCCCCn1c(O)c(C#N)c(C)cc1=O. The van der Waals surface area contributed by atoms with Crippen molar-refractivity contribution in [3.05, 3.63) is 27.5 Å². The molecule has 1 rings (SSSR count). The van der Waals surface area contributed by atoms with E-state index in [2.05, 4.69) is 0 Å². The van der Waals surface area contributed by atoms with Crippen molar-refractivity contribution in [1.82, 2.24) is 4.57 Å². The predicted molar refractivity (Wildman–Crippen MR) is 67.5 cm³/mol. The first-order chi connectivity index (χ1) is 8.61. The molecule has 0 aliphatic rings. The quantitative estimate of drug-likeness (QED) is 0.777. The van der Waals surface area contributed by atoms with Gasteiger partial charge in [-0.1, -0.05) is 0 Å². The summed E-state index contributed by atoms with van der Waals surface area (Å²) in [6.07, 6.45) is 1.54. The van der Waals surface area contributed by atoms with Gasteiger partial charge in [0.2, 0.25) is 5.88 Å². The maximum Gasteiger partial charge on any atom is 0.253 e. The van der Waals surface area contributed by atoms with Crippen LogP contribution in [0.1, 0.15) is 30.9 Å². The Kier molecular flexibility index (Phi) is 5.40. The molecule has 5 nitrogen and oxygen atoms in total. The third-order valence-electron chi connectivity index (χ3n) is 2.72. The standard InChI is InChI=1S/C13H18N2O3/c1-3-18-7-5-4-6-15-12(16)8-10(2)11(9-14)13(15)17/h8,17H,3-7H2,1-2H3. The zero-order chi connectivity index (χ0) is 13.5. The average molecular weight is 250 g/mol. The Balaban J connectivity index is 2.78. The van der Waals surface area contributed by atoms with Crippen LogP contribution in [0.3, 0.4) is 0 Å². The van der Waals surface area contributed by atoms with Crippen LogP contribution in [0.4, 0.5) is 0 Å². The van der Waals surface area contributed by atoms with E-state index in [0.29, 0.717) is 25.3 Å². The van der Waals surface area contributed by atoms with Crippen molar-refractivity contribution in [2.45, 2.75) is 33.2 Å². The van der Waals surface area contributed by atoms with Gasteiger partial charge < -0.3 is 9.84 Å². The van der Waals surface area contributed by atoms with Gasteiger partial charge in [-0.2, -0.15) is 5.26 Å². The highest BCUT2D eigenvalue weighted by Gasteiger charge is 2.11. The lowest BCUT2D eigenvalue weighted by Gasteiger charge is -2.10. The van der Waals surface area contributed by atoms with Gasteiger partial charge in [0.25, 0.3) is 5.56 Å². The summed E-state index contributed by atoms with van der Waals surface area (Å²) in [7, 11) is 0. The summed E-state index contributed by atoms with van der Waals surface area (Å²) in [5, 5.41) is 18.8. The molecule has 0 saturated heterocycles. The molecule has 0 aliphatic heterocycles. The van der Waals surface area contributed by atoms with Crippen molar-refractivity contribution >= 4 is 0 Å². The highest BCUT2D eigenvalue weighted by Crippen LogP contribution is 2.17. The number of nitrogens with zero attached hydrogens (tertiary/aromatic N) is 2. The monoisotopic (exact) mass is 250 g/mol. The van der Waals surface area contributed by atoms with Crippen molar-refractivity contribution in [3.63, 3.8) is 0 Å². The first-order valence-corrected chi connectivity index (χ1v) is 6.03. The fraction of sp³-hybridized carbons (Fsp3) is 0.538. The van der Waals surface area contributed by atoms with Crippen LogP contribution in [-0.4, -0.2) is 22.9 Å². The summed E-state index contributed by atoms with van der Waals surface area (Å²) in [5.74, 6) is -0.237. The number of rotatable bonds is 6. The van der Waals surface area contributed by atoms with Crippen LogP contribution in [0.15, 0.2) is 10.9 Å². The molecule has 0 radical (unpaired) electrons. The molecule has 1 N–H and O–H groups in total. The molecule has 0 saturated carbocycles. The molecule has 5 heteroatoms. The number of ether oxygens (including phenoxy) is 1. The molecule has 0 aliphatic carbocycles. The summed E-state index contributed by atoms with van der Waals surface area (Å²) in [5.41, 5.74) is 0.394. The van der Waals surface area contributed by atoms with Gasteiger partial charge in [-0.05, 0) is 32.3 Å². The van der Waals surface area contributed by atoms with Gasteiger partial charge in [0.15, 0.2) is 0 Å². The van der Waals surface area contributed by atoms with E-state index >= 15 is 0 Å². The summed E-state index contributed by atoms with van der Waals surface area (Å²) in [6, 6.07) is 3.28. The van der Waals surface area contributed by atoms with E-state index < -0.39 is 0 Å². The van der Waals surface area contributed by atoms with Crippen LogP contribution in [0.25, 0.3) is 0 Å². The Labute approximate surface area is 106 Å². The Bertz CT molecular complexity index is 500. The van der Waals surface area contributed by atoms with E-state index in [1.807, 2.05) is 13.0 Å². The Morgan fingerprint density at radius 3 is 2.83 bits per heavy atom. The van der Waals surface area contributed by atoms with Crippen LogP contribution < -0.4 is 5.56 Å². The first-order valence-electron chi connectivity index (χ1n) is 6.03. The number of unbranched alkanes of at least 4 members (excludes halogenated alkanes) is 1. The second kappa shape index (κ2) is 6.82. The van der Waals surface area contributed by atoms with Crippen molar-refractivity contribution < 1.29 is 9.84 Å². The van der Waals surface area contributed by atoms with E-state index in [0.717, 1.165) is 12.8 Å². The lowest BCUT2D eigenvalue weighted by Crippen LogP contribution is -2.21. The molecule has 1 heterocycles. The third kappa shape index (κ3) is 3.34. The minimum atomic E-state index is -0.277. The fourth-order valence-corrected chi connectivity index (χ4v) is 1.72. The topological polar surface area (TPSA) is 75.2 Å². The van der Waals surface area contributed by atoms with Crippen LogP contribution in [0.2, 0.25) is 0 Å². The Morgan fingerprint density at radius 2 is 2.22 bits per heavy atom. The molecular weight excluding hydrogens is 232 g/mol. The number of nitriles is 1. The summed E-state index contributed by atoms with van der Waals surface area (Å²) in [4.78, 5) is 11.7. The first kappa shape index (κ1) is 14.3. The lowest BCUT2D eigenvalue weighted by atomic mass is 10.1. The normalized spacial score (nSPS) is 10.3. The minimum Gasteiger partial charge on any atom is -0.493 e. The molecule has 0 spiro atoms. The van der Waals surface area contributed by atoms with E-state index in [1.54, 1.807) is 6.92 Å². The number of aromatic hydroxyl groups is 1. The second-order valence-corrected chi connectivity index (χ2v) is 4.03. The molecule has 98 valence electrons. The maximum absolute atomic E-state index is 11.7. The highest BCUT2D eigenvalue weighted by atomic mass is 16.5. The van der Waals surface area contributed by atoms with Crippen molar-refractivity contribution in [2.24, 2.45) is 0 Å².